The Morgan fingerprint density at radius 3 is 2.62 bits per heavy atom. The fraction of sp³-hybridized carbons (Fsp3) is 0.278. The Hall–Kier alpha value is -2.73. The molecule has 6 heteroatoms. The quantitative estimate of drug-likeness (QED) is 0.429. The number of fused-ring (bicyclic) bond motifs is 2. The van der Waals surface area contributed by atoms with Gasteiger partial charge in [-0.05, 0) is 39.2 Å². The van der Waals surface area contributed by atoms with Crippen LogP contribution in [0.5, 0.6) is 0 Å². The summed E-state index contributed by atoms with van der Waals surface area (Å²) < 4.78 is 0. The summed E-state index contributed by atoms with van der Waals surface area (Å²) in [5.41, 5.74) is 3.18. The molecule has 0 radical (unpaired) electrons. The minimum absolute atomic E-state index is 0.115. The largest absolute Gasteiger partial charge is 0.612 e. The summed E-state index contributed by atoms with van der Waals surface area (Å²) in [5, 5.41) is 27.5. The highest BCUT2D eigenvalue weighted by Crippen LogP contribution is 2.32. The molecule has 0 aromatic heterocycles. The van der Waals surface area contributed by atoms with Crippen molar-refractivity contribution in [2.75, 3.05) is 32.5 Å². The Balaban J connectivity index is 2.16. The van der Waals surface area contributed by atoms with Gasteiger partial charge in [-0.2, -0.15) is 4.90 Å². The number of hydrogen-bond acceptors (Lipinski definition) is 4. The zero-order valence-corrected chi connectivity index (χ0v) is 13.9. The summed E-state index contributed by atoms with van der Waals surface area (Å²) in [6.45, 7) is 1.72. The average molecular weight is 325 g/mol. The van der Waals surface area contributed by atoms with Gasteiger partial charge in [-0.1, -0.05) is 24.3 Å². The molecule has 0 saturated carbocycles. The zero-order valence-electron chi connectivity index (χ0n) is 13.9. The second kappa shape index (κ2) is 6.80. The van der Waals surface area contributed by atoms with Crippen molar-refractivity contribution in [2.24, 2.45) is 0 Å². The fourth-order valence-corrected chi connectivity index (χ4v) is 2.94. The molecule has 0 atom stereocenters. The third-order valence-electron chi connectivity index (χ3n) is 4.04. The van der Waals surface area contributed by atoms with Crippen LogP contribution >= 0.6 is 0 Å². The number of para-hydroxylation sites is 1. The molecule has 1 aromatic carbocycles. The highest BCUT2D eigenvalue weighted by Gasteiger charge is 2.17. The lowest BCUT2D eigenvalue weighted by atomic mass is 10.0. The van der Waals surface area contributed by atoms with Gasteiger partial charge in [0.05, 0.1) is 16.9 Å². The SMILES string of the molecule is CN(C)CCCNc1c2c(=[N+]([O-])[O-])cccc-2[nH]c2ccccc12. The van der Waals surface area contributed by atoms with Crippen LogP contribution < -0.4 is 15.6 Å². The Morgan fingerprint density at radius 2 is 1.88 bits per heavy atom. The summed E-state index contributed by atoms with van der Waals surface area (Å²) in [6, 6.07) is 13.0. The van der Waals surface area contributed by atoms with Crippen LogP contribution in [0.1, 0.15) is 6.42 Å². The monoisotopic (exact) mass is 325 g/mol. The molecule has 1 aromatic rings. The van der Waals surface area contributed by atoms with Gasteiger partial charge in [-0.25, -0.2) is 0 Å². The van der Waals surface area contributed by atoms with Crippen molar-refractivity contribution in [2.45, 2.75) is 6.42 Å². The van der Waals surface area contributed by atoms with E-state index < -0.39 is 0 Å². The molecule has 6 nitrogen and oxygen atoms in total. The van der Waals surface area contributed by atoms with E-state index in [2.05, 4.69) is 15.2 Å². The van der Waals surface area contributed by atoms with Gasteiger partial charge in [0.15, 0.2) is 0 Å². The Labute approximate surface area is 140 Å². The minimum atomic E-state index is -0.323. The van der Waals surface area contributed by atoms with E-state index in [0.29, 0.717) is 5.56 Å². The number of pyridine rings is 1. The van der Waals surface area contributed by atoms with Gasteiger partial charge in [0.1, 0.15) is 0 Å². The average Bonchev–Trinajstić information content (AvgIpc) is 2.56. The van der Waals surface area contributed by atoms with Crippen molar-refractivity contribution in [3.63, 3.8) is 0 Å². The summed E-state index contributed by atoms with van der Waals surface area (Å²) in [6.07, 6.45) is 0.960. The van der Waals surface area contributed by atoms with E-state index in [9.17, 15) is 10.4 Å². The minimum Gasteiger partial charge on any atom is -0.612 e. The molecule has 0 amide bonds. The van der Waals surface area contributed by atoms with Crippen molar-refractivity contribution in [1.29, 1.82) is 0 Å². The maximum absolute atomic E-state index is 11.5. The molecule has 0 bridgehead atoms. The van der Waals surface area contributed by atoms with Crippen molar-refractivity contribution >= 4 is 16.6 Å². The maximum atomic E-state index is 11.5. The molecule has 0 fully saturated rings. The number of hydrogen-bond donors (Lipinski definition) is 2. The van der Waals surface area contributed by atoms with Crippen molar-refractivity contribution in [3.05, 3.63) is 58.2 Å². The molecular weight excluding hydrogens is 304 g/mol. The number of nitrogens with one attached hydrogen (secondary N) is 2. The first-order chi connectivity index (χ1) is 11.6. The fourth-order valence-electron chi connectivity index (χ4n) is 2.94. The zero-order chi connectivity index (χ0) is 17.1. The predicted octanol–water partition coefficient (Wildman–Crippen LogP) is 2.40. The standard InChI is InChI=1S/C18H21N4O2/c1-21(2)12-6-11-19-18-13-7-3-4-8-14(13)20-15-9-5-10-16(17(15)18)22(23)24/h3-5,7-10,19-20H,6,11-12H2,1-2H3/q-1. The van der Waals surface area contributed by atoms with Gasteiger partial charge in [0.2, 0.25) is 5.36 Å². The van der Waals surface area contributed by atoms with E-state index in [0.717, 1.165) is 41.8 Å². The van der Waals surface area contributed by atoms with Gasteiger partial charge in [-0.15, -0.1) is 0 Å². The lowest BCUT2D eigenvalue weighted by molar-refractivity contribution is 0.405. The van der Waals surface area contributed by atoms with Gasteiger partial charge < -0.3 is 25.6 Å². The number of aromatic amines is 1. The van der Waals surface area contributed by atoms with Crippen LogP contribution in [0, 0.1) is 10.4 Å². The molecule has 1 aliphatic carbocycles. The number of anilines is 1. The predicted molar refractivity (Wildman–Crippen MR) is 98.6 cm³/mol. The summed E-state index contributed by atoms with van der Waals surface area (Å²) in [7, 11) is 4.07. The van der Waals surface area contributed by atoms with Crippen LogP contribution in [0.3, 0.4) is 0 Å². The summed E-state index contributed by atoms with van der Waals surface area (Å²) >= 11 is 0. The second-order valence-electron chi connectivity index (χ2n) is 6.09. The van der Waals surface area contributed by atoms with Crippen molar-refractivity contribution < 1.29 is 0 Å². The third kappa shape index (κ3) is 3.14. The van der Waals surface area contributed by atoms with E-state index in [1.165, 1.54) is 0 Å². The van der Waals surface area contributed by atoms with Crippen molar-refractivity contribution in [1.82, 2.24) is 14.8 Å². The maximum Gasteiger partial charge on any atom is 0.234 e. The van der Waals surface area contributed by atoms with E-state index in [4.69, 9.17) is 0 Å². The number of benzene rings is 2. The van der Waals surface area contributed by atoms with Gasteiger partial charge in [-0.3, -0.25) is 0 Å². The molecule has 24 heavy (non-hydrogen) atoms. The number of rotatable bonds is 5. The van der Waals surface area contributed by atoms with Crippen LogP contribution in [0.4, 0.5) is 5.69 Å². The lowest BCUT2D eigenvalue weighted by Crippen LogP contribution is -2.23. The summed E-state index contributed by atoms with van der Waals surface area (Å²) in [4.78, 5) is 5.10. The molecule has 3 rings (SSSR count). The molecule has 0 unspecified atom stereocenters. The van der Waals surface area contributed by atoms with E-state index >= 15 is 0 Å². The summed E-state index contributed by atoms with van der Waals surface area (Å²) in [5.74, 6) is 0. The highest BCUT2D eigenvalue weighted by molar-refractivity contribution is 6.00. The number of aromatic nitrogens is 1. The van der Waals surface area contributed by atoms with Crippen LogP contribution in [0.15, 0.2) is 42.5 Å². The molecule has 2 aliphatic rings. The van der Waals surface area contributed by atoms with Gasteiger partial charge in [0, 0.05) is 23.5 Å². The third-order valence-corrected chi connectivity index (χ3v) is 4.04. The van der Waals surface area contributed by atoms with Crippen LogP contribution in [0.25, 0.3) is 22.2 Å². The Kier molecular flexibility index (Phi) is 4.57. The second-order valence-corrected chi connectivity index (χ2v) is 6.09. The van der Waals surface area contributed by atoms with Crippen LogP contribution in [-0.4, -0.2) is 37.1 Å². The molecule has 2 N–H and O–H groups in total. The number of nitrogens with zero attached hydrogens (tertiary/aromatic N) is 2. The first kappa shape index (κ1) is 16.1. The lowest BCUT2D eigenvalue weighted by Gasteiger charge is -2.18. The Morgan fingerprint density at radius 1 is 1.08 bits per heavy atom. The van der Waals surface area contributed by atoms with Gasteiger partial charge >= 0.3 is 0 Å². The Bertz CT molecular complexity index is 882. The molecule has 1 aliphatic heterocycles. The molecule has 0 saturated heterocycles. The molecule has 1 heterocycles. The van der Waals surface area contributed by atoms with E-state index in [-0.39, 0.29) is 10.3 Å². The highest BCUT2D eigenvalue weighted by atomic mass is 16.8. The number of H-pyrrole nitrogens is 1. The molecule has 126 valence electrons. The van der Waals surface area contributed by atoms with Gasteiger partial charge in [0.25, 0.3) is 0 Å². The normalized spacial score (nSPS) is 11.3. The van der Waals surface area contributed by atoms with Crippen LogP contribution in [0.2, 0.25) is 0 Å². The first-order valence-corrected chi connectivity index (χ1v) is 7.97. The van der Waals surface area contributed by atoms with Crippen molar-refractivity contribution in [3.8, 4) is 11.3 Å². The van der Waals surface area contributed by atoms with E-state index in [1.807, 2.05) is 44.4 Å². The molecule has 0 spiro atoms. The topological polar surface area (TPSA) is 80.2 Å². The first-order valence-electron chi connectivity index (χ1n) is 7.97. The van der Waals surface area contributed by atoms with E-state index in [1.54, 1.807) is 12.1 Å². The molecular formula is C18H21N4O2-. The smallest absolute Gasteiger partial charge is 0.234 e. The van der Waals surface area contributed by atoms with Crippen LogP contribution in [-0.2, 0) is 0 Å².